The van der Waals surface area contributed by atoms with E-state index in [1.165, 1.54) is 16.7 Å². The monoisotopic (exact) mass is 255 g/mol. The summed E-state index contributed by atoms with van der Waals surface area (Å²) in [6.07, 6.45) is 0. The molecule has 0 aliphatic carbocycles. The second-order valence-electron chi connectivity index (χ2n) is 5.08. The highest BCUT2D eigenvalue weighted by Crippen LogP contribution is 2.18. The highest BCUT2D eigenvalue weighted by Gasteiger charge is 2.02. The van der Waals surface area contributed by atoms with Gasteiger partial charge in [0.05, 0.1) is 0 Å². The fourth-order valence-electron chi connectivity index (χ4n) is 2.04. The Morgan fingerprint density at radius 1 is 1.05 bits per heavy atom. The standard InChI is InChI=1S/C17H21NO/c1-12-4-5-16(13(2)10-12)11-19-17-8-6-15(7-9-17)14(3)18/h4-10,14H,11,18H2,1-3H3. The molecule has 2 N–H and O–H groups in total. The van der Waals surface area contributed by atoms with Crippen LogP contribution in [0.3, 0.4) is 0 Å². The summed E-state index contributed by atoms with van der Waals surface area (Å²) >= 11 is 0. The fraction of sp³-hybridized carbons (Fsp3) is 0.294. The van der Waals surface area contributed by atoms with Crippen LogP contribution in [0.25, 0.3) is 0 Å². The van der Waals surface area contributed by atoms with Crippen LogP contribution >= 0.6 is 0 Å². The quantitative estimate of drug-likeness (QED) is 0.899. The van der Waals surface area contributed by atoms with Gasteiger partial charge in [0.1, 0.15) is 12.4 Å². The molecule has 0 amide bonds. The Labute approximate surface area is 115 Å². The van der Waals surface area contributed by atoms with Gasteiger partial charge < -0.3 is 10.5 Å². The number of ether oxygens (including phenoxy) is 1. The van der Waals surface area contributed by atoms with E-state index in [1.807, 2.05) is 31.2 Å². The molecule has 0 radical (unpaired) electrons. The molecular weight excluding hydrogens is 234 g/mol. The molecule has 2 nitrogen and oxygen atoms in total. The molecule has 1 atom stereocenters. The lowest BCUT2D eigenvalue weighted by atomic mass is 10.1. The van der Waals surface area contributed by atoms with Gasteiger partial charge in [-0.1, -0.05) is 35.9 Å². The maximum Gasteiger partial charge on any atom is 0.119 e. The van der Waals surface area contributed by atoms with Gasteiger partial charge in [0.25, 0.3) is 0 Å². The SMILES string of the molecule is Cc1ccc(COc2ccc(C(C)N)cc2)c(C)c1. The van der Waals surface area contributed by atoms with Gasteiger partial charge in [-0.2, -0.15) is 0 Å². The van der Waals surface area contributed by atoms with Crippen molar-refractivity contribution >= 4 is 0 Å². The van der Waals surface area contributed by atoms with Crippen molar-refractivity contribution in [2.24, 2.45) is 5.73 Å². The summed E-state index contributed by atoms with van der Waals surface area (Å²) in [5, 5.41) is 0. The van der Waals surface area contributed by atoms with E-state index in [9.17, 15) is 0 Å². The van der Waals surface area contributed by atoms with Gasteiger partial charge in [-0.3, -0.25) is 0 Å². The minimum atomic E-state index is 0.0633. The van der Waals surface area contributed by atoms with Crippen molar-refractivity contribution in [3.63, 3.8) is 0 Å². The molecule has 100 valence electrons. The first-order chi connectivity index (χ1) is 9.06. The summed E-state index contributed by atoms with van der Waals surface area (Å²) in [7, 11) is 0. The maximum absolute atomic E-state index is 5.82. The van der Waals surface area contributed by atoms with Crippen molar-refractivity contribution in [1.29, 1.82) is 0 Å². The van der Waals surface area contributed by atoms with Crippen LogP contribution in [0.4, 0.5) is 0 Å². The number of nitrogens with two attached hydrogens (primary N) is 1. The van der Waals surface area contributed by atoms with Gasteiger partial charge >= 0.3 is 0 Å². The van der Waals surface area contributed by atoms with Crippen molar-refractivity contribution in [1.82, 2.24) is 0 Å². The molecule has 2 rings (SSSR count). The van der Waals surface area contributed by atoms with Gasteiger partial charge in [-0.25, -0.2) is 0 Å². The first kappa shape index (κ1) is 13.6. The number of aryl methyl sites for hydroxylation is 2. The van der Waals surface area contributed by atoms with E-state index in [4.69, 9.17) is 10.5 Å². The third-order valence-corrected chi connectivity index (χ3v) is 3.30. The predicted octanol–water partition coefficient (Wildman–Crippen LogP) is 3.90. The number of hydrogen-bond donors (Lipinski definition) is 1. The molecule has 2 aromatic rings. The summed E-state index contributed by atoms with van der Waals surface area (Å²) in [6, 6.07) is 14.5. The molecule has 0 aliphatic heterocycles. The maximum atomic E-state index is 5.82. The molecule has 2 aromatic carbocycles. The molecule has 0 saturated heterocycles. The van der Waals surface area contributed by atoms with Crippen LogP contribution in [0.15, 0.2) is 42.5 Å². The molecule has 2 heteroatoms. The largest absolute Gasteiger partial charge is 0.489 e. The van der Waals surface area contributed by atoms with Crippen LogP contribution in [0.2, 0.25) is 0 Å². The van der Waals surface area contributed by atoms with Gasteiger partial charge in [-0.05, 0) is 49.6 Å². The van der Waals surface area contributed by atoms with Gasteiger partial charge in [-0.15, -0.1) is 0 Å². The summed E-state index contributed by atoms with van der Waals surface area (Å²) < 4.78 is 5.81. The lowest BCUT2D eigenvalue weighted by molar-refractivity contribution is 0.305. The lowest BCUT2D eigenvalue weighted by Gasteiger charge is -2.11. The molecular formula is C17H21NO. The Hall–Kier alpha value is -1.80. The van der Waals surface area contributed by atoms with E-state index < -0.39 is 0 Å². The summed E-state index contributed by atoms with van der Waals surface area (Å²) in [5.74, 6) is 0.879. The Bertz CT molecular complexity index is 544. The van der Waals surface area contributed by atoms with Crippen LogP contribution in [0.1, 0.15) is 35.2 Å². The van der Waals surface area contributed by atoms with Crippen LogP contribution in [-0.2, 0) is 6.61 Å². The molecule has 0 aromatic heterocycles. The molecule has 0 bridgehead atoms. The average molecular weight is 255 g/mol. The normalized spacial score (nSPS) is 12.2. The molecule has 1 unspecified atom stereocenters. The lowest BCUT2D eigenvalue weighted by Crippen LogP contribution is -2.04. The second kappa shape index (κ2) is 5.89. The second-order valence-corrected chi connectivity index (χ2v) is 5.08. The average Bonchev–Trinajstić information content (AvgIpc) is 2.38. The number of hydrogen-bond acceptors (Lipinski definition) is 2. The molecule has 0 saturated carbocycles. The van der Waals surface area contributed by atoms with Crippen LogP contribution in [0, 0.1) is 13.8 Å². The fourth-order valence-corrected chi connectivity index (χ4v) is 2.04. The van der Waals surface area contributed by atoms with Crippen molar-refractivity contribution in [3.8, 4) is 5.75 Å². The van der Waals surface area contributed by atoms with E-state index in [0.29, 0.717) is 6.61 Å². The Morgan fingerprint density at radius 2 is 1.74 bits per heavy atom. The van der Waals surface area contributed by atoms with Crippen molar-refractivity contribution < 1.29 is 4.74 Å². The highest BCUT2D eigenvalue weighted by molar-refractivity contribution is 5.32. The Morgan fingerprint density at radius 3 is 2.32 bits per heavy atom. The van der Waals surface area contributed by atoms with Crippen molar-refractivity contribution in [3.05, 3.63) is 64.7 Å². The molecule has 0 spiro atoms. The minimum Gasteiger partial charge on any atom is -0.489 e. The smallest absolute Gasteiger partial charge is 0.119 e. The number of benzene rings is 2. The van der Waals surface area contributed by atoms with Crippen LogP contribution in [0.5, 0.6) is 5.75 Å². The van der Waals surface area contributed by atoms with Crippen LogP contribution in [-0.4, -0.2) is 0 Å². The topological polar surface area (TPSA) is 35.2 Å². The van der Waals surface area contributed by atoms with Gasteiger partial charge in [0, 0.05) is 6.04 Å². The summed E-state index contributed by atoms with van der Waals surface area (Å²) in [4.78, 5) is 0. The van der Waals surface area contributed by atoms with E-state index in [-0.39, 0.29) is 6.04 Å². The Kier molecular flexibility index (Phi) is 4.23. The van der Waals surface area contributed by atoms with E-state index in [1.54, 1.807) is 0 Å². The third-order valence-electron chi connectivity index (χ3n) is 3.30. The van der Waals surface area contributed by atoms with E-state index in [0.717, 1.165) is 11.3 Å². The summed E-state index contributed by atoms with van der Waals surface area (Å²) in [5.41, 5.74) is 10.7. The molecule has 0 fully saturated rings. The van der Waals surface area contributed by atoms with Gasteiger partial charge in [0.15, 0.2) is 0 Å². The van der Waals surface area contributed by atoms with Crippen molar-refractivity contribution in [2.75, 3.05) is 0 Å². The highest BCUT2D eigenvalue weighted by atomic mass is 16.5. The van der Waals surface area contributed by atoms with Gasteiger partial charge in [0.2, 0.25) is 0 Å². The first-order valence-electron chi connectivity index (χ1n) is 6.61. The molecule has 0 heterocycles. The number of rotatable bonds is 4. The zero-order chi connectivity index (χ0) is 13.8. The zero-order valence-corrected chi connectivity index (χ0v) is 11.8. The zero-order valence-electron chi connectivity index (χ0n) is 11.8. The van der Waals surface area contributed by atoms with E-state index in [2.05, 4.69) is 32.0 Å². The minimum absolute atomic E-state index is 0.0633. The first-order valence-corrected chi connectivity index (χ1v) is 6.61. The van der Waals surface area contributed by atoms with E-state index >= 15 is 0 Å². The molecule has 19 heavy (non-hydrogen) atoms. The third kappa shape index (κ3) is 3.58. The summed E-state index contributed by atoms with van der Waals surface area (Å²) in [6.45, 7) is 6.80. The predicted molar refractivity (Wildman–Crippen MR) is 79.3 cm³/mol. The molecule has 0 aliphatic rings. The van der Waals surface area contributed by atoms with Crippen molar-refractivity contribution in [2.45, 2.75) is 33.4 Å². The Balaban J connectivity index is 2.02. The van der Waals surface area contributed by atoms with Crippen LogP contribution < -0.4 is 10.5 Å².